The first-order valence-electron chi connectivity index (χ1n) is 9.71. The van der Waals surface area contributed by atoms with Crippen molar-refractivity contribution in [1.82, 2.24) is 9.62 Å². The molecule has 2 nitrogen and oxygen atoms in total. The molecule has 1 heterocycles. The molecule has 136 valence electrons. The van der Waals surface area contributed by atoms with Crippen molar-refractivity contribution in [2.45, 2.75) is 63.8 Å². The van der Waals surface area contributed by atoms with Crippen molar-refractivity contribution in [3.8, 4) is 0 Å². The molecule has 1 aliphatic carbocycles. The van der Waals surface area contributed by atoms with Crippen LogP contribution >= 0.6 is 11.9 Å². The van der Waals surface area contributed by atoms with Crippen molar-refractivity contribution in [1.29, 1.82) is 0 Å². The van der Waals surface area contributed by atoms with Crippen LogP contribution < -0.4 is 5.32 Å². The van der Waals surface area contributed by atoms with E-state index in [1.807, 2.05) is 11.9 Å². The Morgan fingerprint density at radius 1 is 1.28 bits per heavy atom. The van der Waals surface area contributed by atoms with E-state index >= 15 is 0 Å². The molecule has 0 spiro atoms. The molecule has 0 saturated carbocycles. The predicted octanol–water partition coefficient (Wildman–Crippen LogP) is 6.01. The Bertz CT molecular complexity index is 660. The van der Waals surface area contributed by atoms with Gasteiger partial charge in [-0.05, 0) is 73.4 Å². The molecule has 1 aliphatic heterocycles. The number of fused-ring (bicyclic) bond motifs is 1. The van der Waals surface area contributed by atoms with Gasteiger partial charge in [0.2, 0.25) is 0 Å². The first kappa shape index (κ1) is 18.6. The van der Waals surface area contributed by atoms with Gasteiger partial charge in [0.15, 0.2) is 0 Å². The van der Waals surface area contributed by atoms with Crippen molar-refractivity contribution in [2.75, 3.05) is 13.6 Å². The maximum atomic E-state index is 3.88. The van der Waals surface area contributed by atoms with Gasteiger partial charge in [0, 0.05) is 17.6 Å². The maximum absolute atomic E-state index is 3.88. The van der Waals surface area contributed by atoms with Crippen molar-refractivity contribution in [2.24, 2.45) is 5.92 Å². The lowest BCUT2D eigenvalue weighted by Crippen LogP contribution is -2.26. The fourth-order valence-corrected chi connectivity index (χ4v) is 4.88. The van der Waals surface area contributed by atoms with E-state index in [4.69, 9.17) is 0 Å². The van der Waals surface area contributed by atoms with E-state index in [0.717, 1.165) is 25.3 Å². The molecule has 0 amide bonds. The van der Waals surface area contributed by atoms with Crippen LogP contribution in [0.5, 0.6) is 0 Å². The third-order valence-electron chi connectivity index (χ3n) is 5.14. The van der Waals surface area contributed by atoms with E-state index in [9.17, 15) is 0 Å². The number of aryl methyl sites for hydroxylation is 1. The highest BCUT2D eigenvalue weighted by atomic mass is 32.2. The molecule has 1 aromatic carbocycles. The smallest absolute Gasteiger partial charge is 0.0605 e. The van der Waals surface area contributed by atoms with Gasteiger partial charge in [-0.15, -0.1) is 0 Å². The zero-order chi connectivity index (χ0) is 17.8. The third-order valence-corrected chi connectivity index (χ3v) is 6.19. The fraction of sp³-hybridized carbons (Fsp3) is 0.545. The Balaban J connectivity index is 1.83. The number of hydrogen-bond acceptors (Lipinski definition) is 3. The minimum absolute atomic E-state index is 0.318. The summed E-state index contributed by atoms with van der Waals surface area (Å²) in [7, 11) is 2.22. The molecule has 1 atom stereocenters. The van der Waals surface area contributed by atoms with E-state index in [1.54, 1.807) is 0 Å². The zero-order valence-electron chi connectivity index (χ0n) is 16.1. The largest absolute Gasteiger partial charge is 0.319 e. The third kappa shape index (κ3) is 4.51. The number of rotatable bonds is 6. The highest BCUT2D eigenvalue weighted by molar-refractivity contribution is 7.97. The molecular weight excluding hydrogens is 324 g/mol. The molecule has 1 N–H and O–H groups in total. The van der Waals surface area contributed by atoms with Crippen molar-refractivity contribution in [3.63, 3.8) is 0 Å². The Kier molecular flexibility index (Phi) is 6.29. The average molecular weight is 357 g/mol. The van der Waals surface area contributed by atoms with Crippen LogP contribution in [-0.4, -0.2) is 17.9 Å². The minimum Gasteiger partial charge on any atom is -0.319 e. The number of hydrogen-bond donors (Lipinski definition) is 1. The van der Waals surface area contributed by atoms with Gasteiger partial charge in [0.05, 0.1) is 6.04 Å². The molecule has 0 bridgehead atoms. The van der Waals surface area contributed by atoms with Gasteiger partial charge in [0.1, 0.15) is 0 Å². The molecule has 1 unspecified atom stereocenters. The van der Waals surface area contributed by atoms with Crippen LogP contribution in [0.1, 0.15) is 63.1 Å². The van der Waals surface area contributed by atoms with Crippen LogP contribution in [0.25, 0.3) is 0 Å². The molecule has 0 saturated heterocycles. The molecule has 0 fully saturated rings. The van der Waals surface area contributed by atoms with Gasteiger partial charge in [-0.25, -0.2) is 0 Å². The Morgan fingerprint density at radius 3 is 2.92 bits per heavy atom. The number of unbranched alkanes of at least 4 members (excludes halogenated alkanes) is 1. The second-order valence-corrected chi connectivity index (χ2v) is 8.92. The highest BCUT2D eigenvalue weighted by Gasteiger charge is 2.28. The van der Waals surface area contributed by atoms with E-state index in [1.165, 1.54) is 46.6 Å². The summed E-state index contributed by atoms with van der Waals surface area (Å²) in [5, 5.41) is 3.88. The number of nitrogens with zero attached hydrogens (tertiary/aromatic N) is 1. The Hall–Kier alpha value is -1.19. The molecule has 3 heteroatoms. The molecule has 3 rings (SSSR count). The summed E-state index contributed by atoms with van der Waals surface area (Å²) in [6.45, 7) is 7.90. The summed E-state index contributed by atoms with van der Waals surface area (Å²) in [6, 6.07) is 7.24. The van der Waals surface area contributed by atoms with Crippen molar-refractivity contribution in [3.05, 3.63) is 52.7 Å². The van der Waals surface area contributed by atoms with Gasteiger partial charge in [-0.1, -0.05) is 51.0 Å². The lowest BCUT2D eigenvalue weighted by atomic mass is 9.91. The van der Waals surface area contributed by atoms with E-state index in [2.05, 4.69) is 67.8 Å². The summed E-state index contributed by atoms with van der Waals surface area (Å²) in [4.78, 5) is 1.39. The monoisotopic (exact) mass is 356 g/mol. The SMILES string of the molecule is Cc1ccc2c(c1)SN(C)C1=C(C=CCC1)C2NCCCCC(C)C. The number of allylic oxidation sites excluding steroid dienone is 2. The van der Waals surface area contributed by atoms with Crippen molar-refractivity contribution >= 4 is 11.9 Å². The van der Waals surface area contributed by atoms with Crippen LogP contribution in [0, 0.1) is 12.8 Å². The van der Waals surface area contributed by atoms with Gasteiger partial charge in [-0.2, -0.15) is 0 Å². The number of nitrogens with one attached hydrogen (secondary N) is 1. The van der Waals surface area contributed by atoms with Crippen LogP contribution in [0.2, 0.25) is 0 Å². The summed E-state index contributed by atoms with van der Waals surface area (Å²) in [5.74, 6) is 0.808. The van der Waals surface area contributed by atoms with Crippen LogP contribution in [0.3, 0.4) is 0 Å². The standard InChI is InChI=1S/C22H32N2S/c1-16(2)9-7-8-14-23-22-18-10-5-6-11-20(18)24(4)25-21-15-17(3)12-13-19(21)22/h5,10,12-13,15-16,22-23H,6-9,11,14H2,1-4H3. The molecular formula is C22H32N2S. The normalized spacial score (nSPS) is 19.9. The summed E-state index contributed by atoms with van der Waals surface area (Å²) in [5.41, 5.74) is 5.72. The molecule has 0 aromatic heterocycles. The number of benzene rings is 1. The topological polar surface area (TPSA) is 15.3 Å². The maximum Gasteiger partial charge on any atom is 0.0605 e. The predicted molar refractivity (Wildman–Crippen MR) is 110 cm³/mol. The Morgan fingerprint density at radius 2 is 2.12 bits per heavy atom. The van der Waals surface area contributed by atoms with Crippen LogP contribution in [-0.2, 0) is 0 Å². The zero-order valence-corrected chi connectivity index (χ0v) is 17.0. The van der Waals surface area contributed by atoms with Gasteiger partial charge in [0.25, 0.3) is 0 Å². The highest BCUT2D eigenvalue weighted by Crippen LogP contribution is 2.43. The minimum atomic E-state index is 0.318. The first-order chi connectivity index (χ1) is 12.1. The molecule has 1 aromatic rings. The fourth-order valence-electron chi connectivity index (χ4n) is 3.75. The first-order valence-corrected chi connectivity index (χ1v) is 10.5. The summed E-state index contributed by atoms with van der Waals surface area (Å²) < 4.78 is 2.39. The van der Waals surface area contributed by atoms with Gasteiger partial charge >= 0.3 is 0 Å². The van der Waals surface area contributed by atoms with Crippen LogP contribution in [0.15, 0.2) is 46.5 Å². The lowest BCUT2D eigenvalue weighted by molar-refractivity contribution is 0.500. The van der Waals surface area contributed by atoms with E-state index in [0.29, 0.717) is 6.04 Å². The van der Waals surface area contributed by atoms with E-state index < -0.39 is 0 Å². The van der Waals surface area contributed by atoms with E-state index in [-0.39, 0.29) is 0 Å². The lowest BCUT2D eigenvalue weighted by Gasteiger charge is -2.26. The Labute approximate surface area is 157 Å². The second-order valence-electron chi connectivity index (χ2n) is 7.75. The quantitative estimate of drug-likeness (QED) is 0.496. The summed E-state index contributed by atoms with van der Waals surface area (Å²) in [6.07, 6.45) is 10.9. The van der Waals surface area contributed by atoms with Gasteiger partial charge < -0.3 is 9.62 Å². The molecule has 25 heavy (non-hydrogen) atoms. The summed E-state index contributed by atoms with van der Waals surface area (Å²) >= 11 is 1.89. The van der Waals surface area contributed by atoms with Gasteiger partial charge in [-0.3, -0.25) is 0 Å². The van der Waals surface area contributed by atoms with Crippen LogP contribution in [0.4, 0.5) is 0 Å². The second kappa shape index (κ2) is 8.46. The molecule has 0 radical (unpaired) electrons. The average Bonchev–Trinajstić information content (AvgIpc) is 2.69. The molecule has 2 aliphatic rings. The van der Waals surface area contributed by atoms with Crippen molar-refractivity contribution < 1.29 is 0 Å².